The molecule has 1 fully saturated rings. The molecule has 34 heavy (non-hydrogen) atoms. The Morgan fingerprint density at radius 3 is 2.35 bits per heavy atom. The summed E-state index contributed by atoms with van der Waals surface area (Å²) in [5.74, 6) is 2.47. The van der Waals surface area contributed by atoms with Gasteiger partial charge in [0.1, 0.15) is 17.4 Å². The van der Waals surface area contributed by atoms with Crippen LogP contribution in [0.25, 0.3) is 0 Å². The standard InChI is InChI=1S/C24H29N7O2S/c1-15-13-21(29-28-15)25-22-17(3)23(31-11-9-30(10-12-31)18(4)33)27-24(26-22)34-20-7-5-19(6-8-20)14-16(2)32/h5-8,13H,9-12,14H2,1-4H3,(H2,25,26,27,28,29). The van der Waals surface area contributed by atoms with Crippen LogP contribution in [0.5, 0.6) is 0 Å². The number of H-pyrrole nitrogens is 1. The Morgan fingerprint density at radius 2 is 1.76 bits per heavy atom. The van der Waals surface area contributed by atoms with E-state index in [-0.39, 0.29) is 11.7 Å². The molecule has 3 heterocycles. The lowest BCUT2D eigenvalue weighted by Gasteiger charge is -2.35. The van der Waals surface area contributed by atoms with Crippen molar-refractivity contribution in [2.24, 2.45) is 0 Å². The molecule has 2 aromatic heterocycles. The first-order valence-corrected chi connectivity index (χ1v) is 12.0. The van der Waals surface area contributed by atoms with Crippen LogP contribution in [0.3, 0.4) is 0 Å². The topological polar surface area (TPSA) is 107 Å². The zero-order chi connectivity index (χ0) is 24.2. The van der Waals surface area contributed by atoms with Gasteiger partial charge in [0.25, 0.3) is 0 Å². The van der Waals surface area contributed by atoms with Crippen LogP contribution in [0.1, 0.15) is 30.7 Å². The van der Waals surface area contributed by atoms with Crippen molar-refractivity contribution in [1.82, 2.24) is 25.1 Å². The molecule has 1 amide bonds. The number of hydrogen-bond donors (Lipinski definition) is 2. The molecule has 1 saturated heterocycles. The summed E-state index contributed by atoms with van der Waals surface area (Å²) in [6.07, 6.45) is 0.430. The first kappa shape index (κ1) is 23.7. The molecular formula is C24H29N7O2S. The van der Waals surface area contributed by atoms with Gasteiger partial charge in [-0.25, -0.2) is 9.97 Å². The number of nitrogens with zero attached hydrogens (tertiary/aromatic N) is 5. The van der Waals surface area contributed by atoms with Crippen molar-refractivity contribution in [2.45, 2.75) is 44.2 Å². The number of aromatic nitrogens is 4. The van der Waals surface area contributed by atoms with Gasteiger partial charge in [-0.3, -0.25) is 14.7 Å². The lowest BCUT2D eigenvalue weighted by atomic mass is 10.1. The van der Waals surface area contributed by atoms with Crippen LogP contribution >= 0.6 is 11.8 Å². The smallest absolute Gasteiger partial charge is 0.219 e. The molecule has 3 aromatic rings. The SMILES string of the molecule is CC(=O)Cc1ccc(Sc2nc(Nc3cc(C)[nH]n3)c(C)c(N3CCN(C(C)=O)CC3)n2)cc1. The Labute approximate surface area is 203 Å². The third kappa shape index (κ3) is 5.74. The first-order valence-electron chi connectivity index (χ1n) is 11.2. The van der Waals surface area contributed by atoms with E-state index >= 15 is 0 Å². The maximum atomic E-state index is 11.7. The number of hydrogen-bond acceptors (Lipinski definition) is 8. The minimum atomic E-state index is 0.0970. The molecule has 1 aliphatic rings. The molecule has 2 N–H and O–H groups in total. The van der Waals surface area contributed by atoms with Crippen LogP contribution in [-0.4, -0.2) is 62.9 Å². The third-order valence-electron chi connectivity index (χ3n) is 5.66. The lowest BCUT2D eigenvalue weighted by Crippen LogP contribution is -2.48. The number of piperazine rings is 1. The monoisotopic (exact) mass is 479 g/mol. The maximum absolute atomic E-state index is 11.7. The number of carbonyl (C=O) groups is 2. The molecule has 1 aromatic carbocycles. The maximum Gasteiger partial charge on any atom is 0.219 e. The van der Waals surface area contributed by atoms with Crippen LogP contribution in [-0.2, 0) is 16.0 Å². The number of carbonyl (C=O) groups excluding carboxylic acids is 2. The van der Waals surface area contributed by atoms with Gasteiger partial charge in [-0.2, -0.15) is 5.10 Å². The fraction of sp³-hybridized carbons (Fsp3) is 0.375. The molecule has 9 nitrogen and oxygen atoms in total. The number of anilines is 3. The summed E-state index contributed by atoms with van der Waals surface area (Å²) in [4.78, 5) is 37.9. The van der Waals surface area contributed by atoms with Gasteiger partial charge in [0.05, 0.1) is 0 Å². The highest BCUT2D eigenvalue weighted by Gasteiger charge is 2.23. The van der Waals surface area contributed by atoms with E-state index in [0.29, 0.717) is 49.4 Å². The predicted molar refractivity (Wildman–Crippen MR) is 133 cm³/mol. The normalized spacial score (nSPS) is 13.8. The average Bonchev–Trinajstić information content (AvgIpc) is 3.21. The molecule has 0 unspecified atom stereocenters. The predicted octanol–water partition coefficient (Wildman–Crippen LogP) is 3.51. The van der Waals surface area contributed by atoms with E-state index in [9.17, 15) is 9.59 Å². The Bertz CT molecular complexity index is 1180. The average molecular weight is 480 g/mol. The van der Waals surface area contributed by atoms with Crippen molar-refractivity contribution in [3.05, 3.63) is 47.2 Å². The van der Waals surface area contributed by atoms with Crippen molar-refractivity contribution in [1.29, 1.82) is 0 Å². The molecule has 0 radical (unpaired) electrons. The Morgan fingerprint density at radius 1 is 1.06 bits per heavy atom. The van der Waals surface area contributed by atoms with Gasteiger partial charge in [0, 0.05) is 61.7 Å². The highest BCUT2D eigenvalue weighted by atomic mass is 32.2. The van der Waals surface area contributed by atoms with Crippen molar-refractivity contribution in [3.63, 3.8) is 0 Å². The van der Waals surface area contributed by atoms with Crippen LogP contribution < -0.4 is 10.2 Å². The summed E-state index contributed by atoms with van der Waals surface area (Å²) in [6, 6.07) is 9.83. The number of nitrogens with one attached hydrogen (secondary N) is 2. The van der Waals surface area contributed by atoms with E-state index in [4.69, 9.17) is 9.97 Å². The van der Waals surface area contributed by atoms with Gasteiger partial charge in [-0.05, 0) is 50.2 Å². The molecule has 10 heteroatoms. The molecular weight excluding hydrogens is 450 g/mol. The summed E-state index contributed by atoms with van der Waals surface area (Å²) in [5.41, 5.74) is 2.87. The van der Waals surface area contributed by atoms with Crippen molar-refractivity contribution < 1.29 is 9.59 Å². The number of aryl methyl sites for hydroxylation is 1. The number of aromatic amines is 1. The minimum Gasteiger partial charge on any atom is -0.353 e. The highest BCUT2D eigenvalue weighted by Crippen LogP contribution is 2.32. The Balaban J connectivity index is 1.62. The van der Waals surface area contributed by atoms with Crippen molar-refractivity contribution >= 4 is 40.9 Å². The first-order chi connectivity index (χ1) is 16.3. The lowest BCUT2D eigenvalue weighted by molar-refractivity contribution is -0.129. The van der Waals surface area contributed by atoms with Crippen LogP contribution in [0, 0.1) is 13.8 Å². The van der Waals surface area contributed by atoms with E-state index in [0.717, 1.165) is 27.5 Å². The quantitative estimate of drug-likeness (QED) is 0.496. The number of Topliss-reactive ketones (excluding diaryl/α,β-unsaturated/α-hetero) is 1. The molecule has 4 rings (SSSR count). The summed E-state index contributed by atoms with van der Waals surface area (Å²) < 4.78 is 0. The fourth-order valence-corrected chi connectivity index (χ4v) is 4.62. The van der Waals surface area contributed by atoms with E-state index in [1.165, 1.54) is 11.8 Å². The fourth-order valence-electron chi connectivity index (χ4n) is 3.86. The van der Waals surface area contributed by atoms with Gasteiger partial charge in [0.15, 0.2) is 11.0 Å². The summed E-state index contributed by atoms with van der Waals surface area (Å²) >= 11 is 1.47. The van der Waals surface area contributed by atoms with Gasteiger partial charge in [0.2, 0.25) is 5.91 Å². The molecule has 0 atom stereocenters. The van der Waals surface area contributed by atoms with Crippen LogP contribution in [0.2, 0.25) is 0 Å². The number of ketones is 1. The summed E-state index contributed by atoms with van der Waals surface area (Å²) in [5, 5.41) is 11.2. The minimum absolute atomic E-state index is 0.0970. The van der Waals surface area contributed by atoms with Gasteiger partial charge < -0.3 is 15.1 Å². The van der Waals surface area contributed by atoms with Gasteiger partial charge in [-0.1, -0.05) is 12.1 Å². The second-order valence-electron chi connectivity index (χ2n) is 8.48. The van der Waals surface area contributed by atoms with E-state index < -0.39 is 0 Å². The molecule has 0 spiro atoms. The molecule has 0 aliphatic carbocycles. The Hall–Kier alpha value is -3.40. The zero-order valence-electron chi connectivity index (χ0n) is 19.9. The van der Waals surface area contributed by atoms with Gasteiger partial charge >= 0.3 is 0 Å². The zero-order valence-corrected chi connectivity index (χ0v) is 20.7. The second-order valence-corrected chi connectivity index (χ2v) is 9.52. The van der Waals surface area contributed by atoms with E-state index in [1.807, 2.05) is 49.1 Å². The van der Waals surface area contributed by atoms with Crippen LogP contribution in [0.4, 0.5) is 17.5 Å². The highest BCUT2D eigenvalue weighted by molar-refractivity contribution is 7.99. The van der Waals surface area contributed by atoms with Crippen molar-refractivity contribution in [2.75, 3.05) is 36.4 Å². The summed E-state index contributed by atoms with van der Waals surface area (Å²) in [6.45, 7) is 9.90. The second kappa shape index (κ2) is 10.3. The van der Waals surface area contributed by atoms with E-state index in [2.05, 4.69) is 20.4 Å². The molecule has 0 bridgehead atoms. The van der Waals surface area contributed by atoms with Crippen molar-refractivity contribution in [3.8, 4) is 0 Å². The van der Waals surface area contributed by atoms with Crippen LogP contribution in [0.15, 0.2) is 40.4 Å². The number of amides is 1. The molecule has 178 valence electrons. The summed E-state index contributed by atoms with van der Waals surface area (Å²) in [7, 11) is 0. The van der Waals surface area contributed by atoms with Gasteiger partial charge in [-0.15, -0.1) is 0 Å². The van der Waals surface area contributed by atoms with E-state index in [1.54, 1.807) is 13.8 Å². The largest absolute Gasteiger partial charge is 0.353 e. The molecule has 0 saturated carbocycles. The number of benzene rings is 1. The molecule has 1 aliphatic heterocycles. The Kier molecular flexibility index (Phi) is 7.16. The number of rotatable bonds is 7. The third-order valence-corrected chi connectivity index (χ3v) is 6.54.